The normalized spacial score (nSPS) is 15.0. The maximum absolute atomic E-state index is 12.9. The van der Waals surface area contributed by atoms with Crippen LogP contribution in [0.15, 0.2) is 9.59 Å². The predicted octanol–water partition coefficient (Wildman–Crippen LogP) is 0.212. The topological polar surface area (TPSA) is 128 Å². The molecule has 0 aromatic heterocycles. The van der Waals surface area contributed by atoms with E-state index < -0.39 is 34.3 Å². The molecule has 1 aromatic carbocycles. The molecule has 152 valence electrons. The second kappa shape index (κ2) is 8.51. The summed E-state index contributed by atoms with van der Waals surface area (Å²) < 4.78 is 0. The fraction of sp³-hybridized carbons (Fsp3) is 0.667. The Morgan fingerprint density at radius 2 is 1.70 bits per heavy atom. The molecule has 0 heterocycles. The number of likely N-dealkylation sites (N-methyl/N-ethyl adjacent to an activating group) is 1. The summed E-state index contributed by atoms with van der Waals surface area (Å²) >= 11 is 0. The fourth-order valence-electron chi connectivity index (χ4n) is 2.73. The lowest BCUT2D eigenvalue weighted by Gasteiger charge is -2.33. The van der Waals surface area contributed by atoms with Crippen LogP contribution in [-0.2, 0) is 9.59 Å². The lowest BCUT2D eigenvalue weighted by atomic mass is 9.85. The number of rotatable bonds is 8. The second-order valence-electron chi connectivity index (χ2n) is 7.83. The summed E-state index contributed by atoms with van der Waals surface area (Å²) in [5.41, 5.74) is -2.42. The van der Waals surface area contributed by atoms with Gasteiger partial charge in [0.15, 0.2) is 0 Å². The van der Waals surface area contributed by atoms with E-state index in [1.54, 1.807) is 0 Å². The number of amides is 2. The van der Waals surface area contributed by atoms with Crippen LogP contribution in [0.2, 0.25) is 0 Å². The number of nitrogens with one attached hydrogen (secondary N) is 3. The Bertz CT molecular complexity index is 759. The SMILES string of the molecule is CC[C@H](C)[C@H](Nc1c(N(C)O)c(=O)c1=O)C(=O)N[C@H](C(=O)NC)C(C)(C)C. The van der Waals surface area contributed by atoms with E-state index in [-0.39, 0.29) is 23.2 Å². The van der Waals surface area contributed by atoms with Crippen molar-refractivity contribution in [3.05, 3.63) is 20.4 Å². The van der Waals surface area contributed by atoms with Gasteiger partial charge >= 0.3 is 0 Å². The number of hydrogen-bond donors (Lipinski definition) is 4. The minimum Gasteiger partial charge on any atom is -0.368 e. The number of nitrogens with zero attached hydrogens (tertiary/aromatic N) is 1. The van der Waals surface area contributed by atoms with Gasteiger partial charge in [-0.15, -0.1) is 0 Å². The first kappa shape index (κ1) is 22.6. The third kappa shape index (κ3) is 4.85. The van der Waals surface area contributed by atoms with Crippen LogP contribution in [-0.4, -0.2) is 43.2 Å². The zero-order valence-electron chi connectivity index (χ0n) is 17.0. The quantitative estimate of drug-likeness (QED) is 0.374. The van der Waals surface area contributed by atoms with Crippen LogP contribution in [0.3, 0.4) is 0 Å². The maximum Gasteiger partial charge on any atom is 0.255 e. The van der Waals surface area contributed by atoms with Crippen LogP contribution in [0.4, 0.5) is 11.4 Å². The third-order valence-electron chi connectivity index (χ3n) is 4.67. The Hall–Kier alpha value is -2.42. The molecule has 0 fully saturated rings. The molecule has 1 aromatic rings. The van der Waals surface area contributed by atoms with Crippen LogP contribution in [0.1, 0.15) is 41.0 Å². The molecule has 0 bridgehead atoms. The molecule has 9 heteroatoms. The van der Waals surface area contributed by atoms with Crippen LogP contribution in [0.5, 0.6) is 0 Å². The molecule has 1 rings (SSSR count). The van der Waals surface area contributed by atoms with Crippen molar-refractivity contribution >= 4 is 23.2 Å². The van der Waals surface area contributed by atoms with Crippen molar-refractivity contribution in [2.24, 2.45) is 11.3 Å². The van der Waals surface area contributed by atoms with E-state index in [4.69, 9.17) is 0 Å². The predicted molar refractivity (Wildman–Crippen MR) is 104 cm³/mol. The zero-order valence-corrected chi connectivity index (χ0v) is 17.0. The molecule has 0 aliphatic carbocycles. The largest absolute Gasteiger partial charge is 0.368 e. The lowest BCUT2D eigenvalue weighted by molar-refractivity contribution is -0.132. The standard InChI is InChI=1S/C18H30N4O5/c1-8-9(2)10(20-11-12(22(7)27)14(24)13(11)23)16(25)21-15(17(26)19-6)18(3,4)5/h9-10,15,20,27H,8H2,1-7H3,(H,19,26)(H,21,25)/t9-,10-,15+/m0/s1. The molecular weight excluding hydrogens is 352 g/mol. The van der Waals surface area contributed by atoms with Gasteiger partial charge in [0.2, 0.25) is 11.8 Å². The molecule has 0 aliphatic rings. The summed E-state index contributed by atoms with van der Waals surface area (Å²) in [6.45, 7) is 9.18. The van der Waals surface area contributed by atoms with E-state index in [0.717, 1.165) is 0 Å². The van der Waals surface area contributed by atoms with Crippen molar-refractivity contribution < 1.29 is 14.8 Å². The summed E-state index contributed by atoms with van der Waals surface area (Å²) in [7, 11) is 2.71. The monoisotopic (exact) mass is 382 g/mol. The first-order chi connectivity index (χ1) is 12.4. The Morgan fingerprint density at radius 1 is 1.15 bits per heavy atom. The Kier molecular flexibility index (Phi) is 7.13. The fourth-order valence-corrected chi connectivity index (χ4v) is 2.73. The van der Waals surface area contributed by atoms with Crippen molar-refractivity contribution in [2.75, 3.05) is 24.5 Å². The van der Waals surface area contributed by atoms with E-state index in [9.17, 15) is 24.4 Å². The highest BCUT2D eigenvalue weighted by molar-refractivity contribution is 5.92. The van der Waals surface area contributed by atoms with Crippen LogP contribution >= 0.6 is 0 Å². The van der Waals surface area contributed by atoms with Gasteiger partial charge in [-0.3, -0.25) is 29.4 Å². The molecule has 4 N–H and O–H groups in total. The molecular formula is C18H30N4O5. The summed E-state index contributed by atoms with van der Waals surface area (Å²) in [5, 5.41) is 18.2. The van der Waals surface area contributed by atoms with Gasteiger partial charge in [-0.2, -0.15) is 0 Å². The number of carbonyl (C=O) groups is 2. The van der Waals surface area contributed by atoms with Gasteiger partial charge in [0.1, 0.15) is 23.5 Å². The molecule has 0 unspecified atom stereocenters. The molecule has 0 radical (unpaired) electrons. The minimum absolute atomic E-state index is 0.0994. The van der Waals surface area contributed by atoms with Gasteiger partial charge < -0.3 is 16.0 Å². The van der Waals surface area contributed by atoms with Gasteiger partial charge in [-0.25, -0.2) is 0 Å². The second-order valence-corrected chi connectivity index (χ2v) is 7.83. The van der Waals surface area contributed by atoms with Gasteiger partial charge in [-0.1, -0.05) is 41.0 Å². The molecule has 27 heavy (non-hydrogen) atoms. The van der Waals surface area contributed by atoms with Gasteiger partial charge in [0.05, 0.1) is 0 Å². The summed E-state index contributed by atoms with van der Waals surface area (Å²) in [6.07, 6.45) is 0.616. The smallest absolute Gasteiger partial charge is 0.255 e. The Balaban J connectivity index is 3.16. The van der Waals surface area contributed by atoms with Gasteiger partial charge in [-0.05, 0) is 11.3 Å². The number of hydroxylamine groups is 1. The van der Waals surface area contributed by atoms with Gasteiger partial charge in [0.25, 0.3) is 10.9 Å². The maximum atomic E-state index is 12.9. The molecule has 0 aliphatic heterocycles. The zero-order chi connectivity index (χ0) is 21.1. The number of anilines is 2. The summed E-state index contributed by atoms with van der Waals surface area (Å²) in [5.74, 6) is -0.993. The molecule has 0 saturated carbocycles. The highest BCUT2D eigenvalue weighted by Gasteiger charge is 2.36. The highest BCUT2D eigenvalue weighted by Crippen LogP contribution is 2.23. The molecule has 0 saturated heterocycles. The van der Waals surface area contributed by atoms with Crippen molar-refractivity contribution in [2.45, 2.75) is 53.1 Å². The minimum atomic E-state index is -0.855. The molecule has 0 spiro atoms. The van der Waals surface area contributed by atoms with Crippen LogP contribution in [0, 0.1) is 11.3 Å². The average molecular weight is 382 g/mol. The third-order valence-corrected chi connectivity index (χ3v) is 4.67. The highest BCUT2D eigenvalue weighted by atomic mass is 16.5. The summed E-state index contributed by atoms with van der Waals surface area (Å²) in [4.78, 5) is 48.6. The lowest BCUT2D eigenvalue weighted by Crippen LogP contribution is -2.57. The van der Waals surface area contributed by atoms with E-state index in [1.165, 1.54) is 14.1 Å². The van der Waals surface area contributed by atoms with Crippen molar-refractivity contribution in [3.8, 4) is 0 Å². The van der Waals surface area contributed by atoms with Crippen molar-refractivity contribution in [1.29, 1.82) is 0 Å². The van der Waals surface area contributed by atoms with E-state index in [0.29, 0.717) is 11.5 Å². The molecule has 3 atom stereocenters. The van der Waals surface area contributed by atoms with Crippen molar-refractivity contribution in [3.63, 3.8) is 0 Å². The Labute approximate surface area is 158 Å². The first-order valence-electron chi connectivity index (χ1n) is 8.91. The number of carbonyl (C=O) groups excluding carboxylic acids is 2. The first-order valence-corrected chi connectivity index (χ1v) is 8.91. The van der Waals surface area contributed by atoms with Crippen LogP contribution < -0.4 is 31.9 Å². The number of hydrogen-bond acceptors (Lipinski definition) is 7. The van der Waals surface area contributed by atoms with Crippen molar-refractivity contribution in [1.82, 2.24) is 10.6 Å². The summed E-state index contributed by atoms with van der Waals surface area (Å²) in [6, 6.07) is -1.64. The molecule has 2 amide bonds. The van der Waals surface area contributed by atoms with E-state index in [1.807, 2.05) is 34.6 Å². The molecule has 9 nitrogen and oxygen atoms in total. The van der Waals surface area contributed by atoms with Crippen LogP contribution in [0.25, 0.3) is 0 Å². The average Bonchev–Trinajstić information content (AvgIpc) is 2.59. The van der Waals surface area contributed by atoms with Gasteiger partial charge in [0, 0.05) is 14.1 Å². The van der Waals surface area contributed by atoms with E-state index in [2.05, 4.69) is 16.0 Å². The van der Waals surface area contributed by atoms with E-state index >= 15 is 0 Å². The Morgan fingerprint density at radius 3 is 2.11 bits per heavy atom.